The minimum absolute atomic E-state index is 0.0123. The third-order valence-corrected chi connectivity index (χ3v) is 10.2. The number of carbonyl (C=O) groups excluding carboxylic acids is 2. The Balaban J connectivity index is 1.39. The average Bonchev–Trinajstić information content (AvgIpc) is 3.62. The number of amides is 2. The van der Waals surface area contributed by atoms with Gasteiger partial charge in [-0.2, -0.15) is 19.0 Å². The van der Waals surface area contributed by atoms with Gasteiger partial charge in [0.2, 0.25) is 21.8 Å². The maximum Gasteiger partial charge on any atom is 0.304 e. The van der Waals surface area contributed by atoms with Gasteiger partial charge in [-0.05, 0) is 62.1 Å². The number of fused-ring (bicyclic) bond motifs is 4. The van der Waals surface area contributed by atoms with Crippen LogP contribution < -0.4 is 15.4 Å². The number of nitrogens with one attached hydrogen (secondary N) is 3. The number of aliphatic hydroxyl groups is 1. The number of benzene rings is 2. The van der Waals surface area contributed by atoms with Gasteiger partial charge in [-0.1, -0.05) is 35.4 Å². The number of halogens is 5. The molecule has 3 atom stereocenters. The topological polar surface area (TPSA) is 173 Å². The van der Waals surface area contributed by atoms with Gasteiger partial charge in [-0.15, -0.1) is 0 Å². The largest absolute Gasteiger partial charge is 0.378 e. The van der Waals surface area contributed by atoms with E-state index in [9.17, 15) is 31.9 Å². The highest BCUT2D eigenvalue weighted by Gasteiger charge is 2.60. The minimum Gasteiger partial charge on any atom is -0.378 e. The van der Waals surface area contributed by atoms with E-state index in [1.165, 1.54) is 37.6 Å². The zero-order chi connectivity index (χ0) is 42.1. The maximum absolute atomic E-state index is 15.7. The number of rotatable bonds is 10. The summed E-state index contributed by atoms with van der Waals surface area (Å²) in [5.41, 5.74) is -0.745. The van der Waals surface area contributed by atoms with E-state index in [4.69, 9.17) is 16.6 Å². The van der Waals surface area contributed by atoms with Crippen LogP contribution in [0.4, 0.5) is 29.2 Å². The number of pyridine rings is 1. The number of hydrogen-bond acceptors (Lipinski definition) is 8. The van der Waals surface area contributed by atoms with Crippen LogP contribution in [0.5, 0.6) is 0 Å². The molecule has 0 bridgehead atoms. The number of nitrogens with zero attached hydrogens (tertiary/aromatic N) is 5. The number of sulfonamides is 1. The Kier molecular flexibility index (Phi) is 10.0. The van der Waals surface area contributed by atoms with E-state index in [-0.39, 0.29) is 51.0 Å². The number of hydrogen-bond donors (Lipinski definition) is 4. The second-order valence-electron chi connectivity index (χ2n) is 14.5. The van der Waals surface area contributed by atoms with Gasteiger partial charge in [-0.25, -0.2) is 22.2 Å². The minimum atomic E-state index is -3.82. The molecule has 58 heavy (non-hydrogen) atoms. The van der Waals surface area contributed by atoms with Crippen molar-refractivity contribution < 1.29 is 40.7 Å². The molecule has 7 rings (SSSR count). The van der Waals surface area contributed by atoms with Crippen LogP contribution in [0.15, 0.2) is 42.5 Å². The summed E-state index contributed by atoms with van der Waals surface area (Å²) >= 11 is 6.60. The fourth-order valence-electron chi connectivity index (χ4n) is 7.09. The van der Waals surface area contributed by atoms with Gasteiger partial charge >= 0.3 is 5.92 Å². The van der Waals surface area contributed by atoms with Crippen LogP contribution in [0.1, 0.15) is 60.9 Å². The smallest absolute Gasteiger partial charge is 0.304 e. The number of alkyl halides is 2. The van der Waals surface area contributed by atoms with Crippen molar-refractivity contribution in [1.29, 1.82) is 0 Å². The first-order chi connectivity index (χ1) is 27.1. The SMILES string of the molecule is CC(=O)Nc1nn(CC(=O)N[C@@H](Cc2cc(F)cc(F)c2)c2nc(C#CC(C)(C)O)ccc2-c2ccc(Cl)c3c(NS(C)(=O)=O)nn(C)c23)c2c1[C@H]1C#C[C@H]1C2(F)F. The van der Waals surface area contributed by atoms with Crippen LogP contribution in [0.3, 0.4) is 0 Å². The molecule has 2 aromatic carbocycles. The van der Waals surface area contributed by atoms with E-state index in [0.29, 0.717) is 22.7 Å². The van der Waals surface area contributed by atoms with Gasteiger partial charge < -0.3 is 15.7 Å². The second-order valence-corrected chi connectivity index (χ2v) is 16.7. The molecule has 13 nitrogen and oxygen atoms in total. The highest BCUT2D eigenvalue weighted by molar-refractivity contribution is 7.92. The molecule has 19 heteroatoms. The van der Waals surface area contributed by atoms with Crippen molar-refractivity contribution in [3.8, 4) is 34.8 Å². The molecule has 0 radical (unpaired) electrons. The van der Waals surface area contributed by atoms with Crippen molar-refractivity contribution in [3.05, 3.63) is 87.3 Å². The monoisotopic (exact) mass is 836 g/mol. The molecule has 2 amide bonds. The van der Waals surface area contributed by atoms with Crippen LogP contribution in [0.25, 0.3) is 22.0 Å². The zero-order valence-corrected chi connectivity index (χ0v) is 32.9. The van der Waals surface area contributed by atoms with Crippen LogP contribution in [0, 0.1) is 41.2 Å². The summed E-state index contributed by atoms with van der Waals surface area (Å²) in [6, 6.07) is 7.75. The lowest BCUT2D eigenvalue weighted by atomic mass is 9.84. The lowest BCUT2D eigenvalue weighted by Crippen LogP contribution is -2.36. The standard InChI is InChI=1S/C39H33ClF4N8O5S/c1-19(53)45-36-31-26-8-10-27(26)39(43,44)35(31)52(49-36)18-30(54)47-29(16-20-14-21(41)17-22(42)15-20)33-24(7-6-23(46-33)12-13-38(2,3)55)25-9-11-28(40)32-34(25)51(4)48-37(32)50-58(5,56)57/h6-7,9,11,14-15,17,26-27,29,55H,16,18H2,1-5H3,(H,47,54)(H,48,50)(H,45,49,53)/t26-,27+,29-/m0/s1. The first-order valence-electron chi connectivity index (χ1n) is 17.5. The third kappa shape index (κ3) is 7.83. The van der Waals surface area contributed by atoms with Crippen LogP contribution in [0.2, 0.25) is 5.02 Å². The van der Waals surface area contributed by atoms with E-state index in [1.54, 1.807) is 19.2 Å². The summed E-state index contributed by atoms with van der Waals surface area (Å²) in [7, 11) is -2.27. The number of carbonyl (C=O) groups is 2. The molecular formula is C39H33ClF4N8O5S. The van der Waals surface area contributed by atoms with E-state index >= 15 is 8.78 Å². The number of aryl methyl sites for hydroxylation is 1. The average molecular weight is 837 g/mol. The molecule has 0 spiro atoms. The van der Waals surface area contributed by atoms with Crippen LogP contribution >= 0.6 is 11.6 Å². The Bertz CT molecular complexity index is 2790. The molecule has 300 valence electrons. The summed E-state index contributed by atoms with van der Waals surface area (Å²) in [6.07, 6.45) is 0.648. The van der Waals surface area contributed by atoms with Crippen molar-refractivity contribution in [2.75, 3.05) is 16.3 Å². The molecule has 2 aliphatic rings. The lowest BCUT2D eigenvalue weighted by molar-refractivity contribution is -0.123. The van der Waals surface area contributed by atoms with Gasteiger partial charge in [0.25, 0.3) is 0 Å². The van der Waals surface area contributed by atoms with E-state index < -0.39 is 75.1 Å². The fourth-order valence-corrected chi connectivity index (χ4v) is 7.82. The molecule has 0 saturated carbocycles. The van der Waals surface area contributed by atoms with E-state index in [0.717, 1.165) is 23.1 Å². The first kappa shape index (κ1) is 40.3. The third-order valence-electron chi connectivity index (χ3n) is 9.28. The van der Waals surface area contributed by atoms with Gasteiger partial charge in [-0.3, -0.25) is 23.7 Å². The molecule has 2 aliphatic carbocycles. The lowest BCUT2D eigenvalue weighted by Gasteiger charge is -2.24. The Morgan fingerprint density at radius 3 is 2.38 bits per heavy atom. The van der Waals surface area contributed by atoms with E-state index in [2.05, 4.69) is 49.2 Å². The predicted molar refractivity (Wildman–Crippen MR) is 206 cm³/mol. The zero-order valence-electron chi connectivity index (χ0n) is 31.3. The Hall–Kier alpha value is -5.95. The molecular weight excluding hydrogens is 804 g/mol. The predicted octanol–water partition coefficient (Wildman–Crippen LogP) is 5.14. The molecule has 5 aromatic rings. The molecule has 4 N–H and O–H groups in total. The second kappa shape index (κ2) is 14.5. The molecule has 3 heterocycles. The summed E-state index contributed by atoms with van der Waals surface area (Å²) in [6.45, 7) is 3.31. The summed E-state index contributed by atoms with van der Waals surface area (Å²) in [4.78, 5) is 30.9. The summed E-state index contributed by atoms with van der Waals surface area (Å²) in [5.74, 6) is 1.33. The molecule has 0 aliphatic heterocycles. The van der Waals surface area contributed by atoms with Gasteiger partial charge in [0.1, 0.15) is 41.1 Å². The molecule has 3 aromatic heterocycles. The van der Waals surface area contributed by atoms with Gasteiger partial charge in [0.05, 0.1) is 39.8 Å². The fraction of sp³-hybridized carbons (Fsp3) is 0.308. The summed E-state index contributed by atoms with van der Waals surface area (Å²) in [5, 5.41) is 24.5. The quantitative estimate of drug-likeness (QED) is 0.111. The van der Waals surface area contributed by atoms with Crippen molar-refractivity contribution in [3.63, 3.8) is 0 Å². The number of aromatic nitrogens is 5. The Morgan fingerprint density at radius 1 is 1.07 bits per heavy atom. The first-order valence-corrected chi connectivity index (χ1v) is 19.8. The van der Waals surface area contributed by atoms with Crippen molar-refractivity contribution >= 4 is 56.0 Å². The molecule has 0 saturated heterocycles. The molecule has 0 fully saturated rings. The highest BCUT2D eigenvalue weighted by Crippen LogP contribution is 2.57. The Labute approximate surface area is 334 Å². The van der Waals surface area contributed by atoms with Crippen molar-refractivity contribution in [2.45, 2.75) is 57.2 Å². The maximum atomic E-state index is 15.7. The van der Waals surface area contributed by atoms with Gasteiger partial charge in [0.15, 0.2) is 11.6 Å². The number of anilines is 2. The van der Waals surface area contributed by atoms with E-state index in [1.807, 2.05) is 0 Å². The highest BCUT2D eigenvalue weighted by atomic mass is 35.5. The Morgan fingerprint density at radius 2 is 1.76 bits per heavy atom. The summed E-state index contributed by atoms with van der Waals surface area (Å²) < 4.78 is 89.7. The van der Waals surface area contributed by atoms with Crippen molar-refractivity contribution in [1.82, 2.24) is 29.9 Å². The van der Waals surface area contributed by atoms with Crippen LogP contribution in [-0.4, -0.2) is 61.7 Å². The normalized spacial score (nSPS) is 16.9. The molecule has 0 unspecified atom stereocenters. The van der Waals surface area contributed by atoms with Crippen LogP contribution in [-0.2, 0) is 45.5 Å². The van der Waals surface area contributed by atoms with Crippen molar-refractivity contribution in [2.24, 2.45) is 13.0 Å². The van der Waals surface area contributed by atoms with Gasteiger partial charge in [0, 0.05) is 36.7 Å².